The van der Waals surface area contributed by atoms with E-state index in [4.69, 9.17) is 14.6 Å². The molecule has 0 aromatic heterocycles. The van der Waals surface area contributed by atoms with E-state index >= 15 is 0 Å². The van der Waals surface area contributed by atoms with Crippen molar-refractivity contribution in [1.82, 2.24) is 14.9 Å². The first-order valence-electron chi connectivity index (χ1n) is 11.5. The van der Waals surface area contributed by atoms with Crippen LogP contribution in [0.4, 0.5) is 13.2 Å². The summed E-state index contributed by atoms with van der Waals surface area (Å²) in [5.41, 5.74) is 0.0552. The molecule has 35 heavy (non-hydrogen) atoms. The third-order valence-corrected chi connectivity index (χ3v) is 7.59. The number of halogens is 3. The highest BCUT2D eigenvalue weighted by Crippen LogP contribution is 2.33. The highest BCUT2D eigenvalue weighted by atomic mass is 28.3. The van der Waals surface area contributed by atoms with Gasteiger partial charge in [-0.1, -0.05) is 25.7 Å². The summed E-state index contributed by atoms with van der Waals surface area (Å²) in [6, 6.07) is 4.00. The minimum absolute atomic E-state index is 0.0513. The van der Waals surface area contributed by atoms with Gasteiger partial charge in [0.1, 0.15) is 19.1 Å². The number of benzene rings is 1. The monoisotopic (exact) mass is 515 g/mol. The van der Waals surface area contributed by atoms with Crippen molar-refractivity contribution in [2.24, 2.45) is 0 Å². The number of hydrogen-bond acceptors (Lipinski definition) is 6. The maximum absolute atomic E-state index is 14.0. The Morgan fingerprint density at radius 1 is 1.23 bits per heavy atom. The van der Waals surface area contributed by atoms with Gasteiger partial charge in [-0.05, 0) is 37.1 Å². The summed E-state index contributed by atoms with van der Waals surface area (Å²) in [5, 5.41) is 11.6. The average molecular weight is 516 g/mol. The lowest BCUT2D eigenvalue weighted by molar-refractivity contribution is -0.221. The molecule has 0 aliphatic carbocycles. The van der Waals surface area contributed by atoms with Crippen molar-refractivity contribution in [1.29, 1.82) is 0 Å². The van der Waals surface area contributed by atoms with E-state index in [1.807, 2.05) is 0 Å². The van der Waals surface area contributed by atoms with Crippen LogP contribution in [0.25, 0.3) is 0 Å². The smallest absolute Gasteiger partial charge is 0.419 e. The number of carboxylic acids is 1. The summed E-state index contributed by atoms with van der Waals surface area (Å²) in [7, 11) is -1.36. The molecule has 1 aromatic rings. The standard InChI is InChI=1S/C23H32F3N3O5Si/c1-35(2,3)13-12-33-16-27-10-11-29(20(21(27)30)23(24,25)26)28-9-5-7-18(28)15-34-19-8-4-6-17(14-19)22(31)32/h4,6,8,10-11,14,18,20H,5,7,9,12-13,15-16H2,1-3H3,(H,31,32)/t18-,20?/m0/s1. The topological polar surface area (TPSA) is 82.6 Å². The number of hydrogen-bond donors (Lipinski definition) is 1. The van der Waals surface area contributed by atoms with Crippen LogP contribution in [0.5, 0.6) is 5.75 Å². The number of ether oxygens (including phenoxy) is 2. The summed E-state index contributed by atoms with van der Waals surface area (Å²) in [5.74, 6) is -1.87. The maximum Gasteiger partial charge on any atom is 0.419 e. The summed E-state index contributed by atoms with van der Waals surface area (Å²) in [6.45, 7) is 7.04. The minimum Gasteiger partial charge on any atom is -0.492 e. The van der Waals surface area contributed by atoms with E-state index in [1.54, 1.807) is 6.07 Å². The van der Waals surface area contributed by atoms with E-state index in [9.17, 15) is 22.8 Å². The summed E-state index contributed by atoms with van der Waals surface area (Å²) in [4.78, 5) is 25.0. The molecular formula is C23H32F3N3O5Si. The molecule has 1 fully saturated rings. The van der Waals surface area contributed by atoms with Crippen molar-refractivity contribution in [3.05, 3.63) is 42.2 Å². The number of alkyl halides is 3. The van der Waals surface area contributed by atoms with Crippen LogP contribution in [-0.2, 0) is 9.53 Å². The fraction of sp³-hybridized carbons (Fsp3) is 0.565. The molecule has 0 saturated carbocycles. The zero-order valence-corrected chi connectivity index (χ0v) is 21.1. The second kappa shape index (κ2) is 11.0. The van der Waals surface area contributed by atoms with Gasteiger partial charge in [0.2, 0.25) is 6.04 Å². The van der Waals surface area contributed by atoms with Crippen molar-refractivity contribution in [2.75, 3.05) is 26.5 Å². The number of carbonyl (C=O) groups excluding carboxylic acids is 1. The second-order valence-corrected chi connectivity index (χ2v) is 15.5. The lowest BCUT2D eigenvalue weighted by Crippen LogP contribution is -2.62. The van der Waals surface area contributed by atoms with Gasteiger partial charge in [-0.2, -0.15) is 13.2 Å². The Morgan fingerprint density at radius 2 is 1.97 bits per heavy atom. The molecule has 1 amide bonds. The lowest BCUT2D eigenvalue weighted by atomic mass is 10.2. The first-order valence-corrected chi connectivity index (χ1v) is 15.2. The fourth-order valence-corrected chi connectivity index (χ4v) is 4.71. The largest absolute Gasteiger partial charge is 0.492 e. The Labute approximate surface area is 203 Å². The van der Waals surface area contributed by atoms with Crippen LogP contribution < -0.4 is 4.74 Å². The average Bonchev–Trinajstić information content (AvgIpc) is 3.23. The molecule has 1 saturated heterocycles. The predicted molar refractivity (Wildman–Crippen MR) is 125 cm³/mol. The fourth-order valence-electron chi connectivity index (χ4n) is 3.96. The Bertz CT molecular complexity index is 938. The molecule has 1 N–H and O–H groups in total. The SMILES string of the molecule is C[Si](C)(C)CCOCN1C=CN(N2CCC[C@H]2COc2cccc(C(=O)O)c2)C(C(F)(F)F)C1=O. The van der Waals surface area contributed by atoms with Crippen LogP contribution in [0, 0.1) is 0 Å². The highest BCUT2D eigenvalue weighted by Gasteiger charge is 2.53. The van der Waals surface area contributed by atoms with Gasteiger partial charge >= 0.3 is 12.1 Å². The molecule has 0 spiro atoms. The quantitative estimate of drug-likeness (QED) is 0.373. The number of carbonyl (C=O) groups is 2. The summed E-state index contributed by atoms with van der Waals surface area (Å²) >= 11 is 0. The van der Waals surface area contributed by atoms with Crippen LogP contribution in [-0.4, -0.2) is 84.7 Å². The number of hydrazine groups is 1. The number of aromatic carboxylic acids is 1. The van der Waals surface area contributed by atoms with Crippen molar-refractivity contribution in [2.45, 2.75) is 56.8 Å². The molecule has 1 aromatic carbocycles. The second-order valence-electron chi connectivity index (χ2n) is 9.88. The van der Waals surface area contributed by atoms with Gasteiger partial charge in [-0.25, -0.2) is 9.80 Å². The first kappa shape index (κ1) is 27.0. The minimum atomic E-state index is -4.79. The molecule has 1 unspecified atom stereocenters. The normalized spacial score (nSPS) is 21.6. The van der Waals surface area contributed by atoms with Gasteiger partial charge in [-0.3, -0.25) is 14.7 Å². The Hall–Kier alpha value is -2.57. The number of amides is 1. The Balaban J connectivity index is 1.69. The molecule has 8 nitrogen and oxygen atoms in total. The molecular weight excluding hydrogens is 483 g/mol. The van der Waals surface area contributed by atoms with Crippen LogP contribution in [0.2, 0.25) is 25.7 Å². The maximum atomic E-state index is 14.0. The summed E-state index contributed by atoms with van der Waals surface area (Å²) < 4.78 is 53.3. The van der Waals surface area contributed by atoms with Crippen LogP contribution in [0.1, 0.15) is 23.2 Å². The lowest BCUT2D eigenvalue weighted by Gasteiger charge is -2.44. The number of carboxylic acid groups (broad SMARTS) is 1. The van der Waals surface area contributed by atoms with E-state index in [0.717, 1.165) is 16.0 Å². The molecule has 0 radical (unpaired) electrons. The van der Waals surface area contributed by atoms with Crippen molar-refractivity contribution in [3.8, 4) is 5.75 Å². The van der Waals surface area contributed by atoms with Crippen molar-refractivity contribution >= 4 is 20.0 Å². The molecule has 2 aliphatic rings. The van der Waals surface area contributed by atoms with Gasteiger partial charge in [0, 0.05) is 33.6 Å². The Morgan fingerprint density at radius 3 is 2.63 bits per heavy atom. The van der Waals surface area contributed by atoms with Gasteiger partial charge in [-0.15, -0.1) is 0 Å². The van der Waals surface area contributed by atoms with E-state index in [-0.39, 0.29) is 18.9 Å². The number of nitrogens with zero attached hydrogens (tertiary/aromatic N) is 3. The zero-order valence-electron chi connectivity index (χ0n) is 20.1. The van der Waals surface area contributed by atoms with Crippen LogP contribution in [0.15, 0.2) is 36.7 Å². The van der Waals surface area contributed by atoms with Crippen molar-refractivity contribution < 1.29 is 37.3 Å². The molecule has 3 rings (SSSR count). The first-order chi connectivity index (χ1) is 16.4. The van der Waals surface area contributed by atoms with Gasteiger partial charge < -0.3 is 14.6 Å². The van der Waals surface area contributed by atoms with Crippen molar-refractivity contribution in [3.63, 3.8) is 0 Å². The summed E-state index contributed by atoms with van der Waals surface area (Å²) in [6.07, 6.45) is -0.986. The van der Waals surface area contributed by atoms with Gasteiger partial charge in [0.15, 0.2) is 0 Å². The third kappa shape index (κ3) is 7.21. The molecule has 0 bridgehead atoms. The van der Waals surface area contributed by atoms with Crippen LogP contribution in [0.3, 0.4) is 0 Å². The molecule has 2 aliphatic heterocycles. The molecule has 2 heterocycles. The Kier molecular flexibility index (Phi) is 8.49. The van der Waals surface area contributed by atoms with Gasteiger partial charge in [0.05, 0.1) is 11.6 Å². The zero-order chi connectivity index (χ0) is 25.8. The van der Waals surface area contributed by atoms with Crippen LogP contribution >= 0.6 is 0 Å². The van der Waals surface area contributed by atoms with E-state index < -0.39 is 38.2 Å². The third-order valence-electron chi connectivity index (χ3n) is 5.88. The molecule has 2 atom stereocenters. The van der Waals surface area contributed by atoms with E-state index in [2.05, 4.69) is 19.6 Å². The molecule has 194 valence electrons. The predicted octanol–water partition coefficient (Wildman–Crippen LogP) is 4.00. The van der Waals surface area contributed by atoms with E-state index in [1.165, 1.54) is 35.6 Å². The van der Waals surface area contributed by atoms with E-state index in [0.29, 0.717) is 31.7 Å². The molecule has 12 heteroatoms. The number of rotatable bonds is 10. The van der Waals surface area contributed by atoms with Gasteiger partial charge in [0.25, 0.3) is 5.91 Å². The highest BCUT2D eigenvalue weighted by molar-refractivity contribution is 6.76.